The molecule has 1 N–H and O–H groups in total. The van der Waals surface area contributed by atoms with Gasteiger partial charge in [-0.15, -0.1) is 0 Å². The van der Waals surface area contributed by atoms with Crippen LogP contribution < -0.4 is 0 Å². The smallest absolute Gasteiger partial charge is 0.107 e. The molecule has 3 heteroatoms. The molecule has 1 unspecified atom stereocenters. The molecule has 0 spiro atoms. The van der Waals surface area contributed by atoms with Crippen molar-refractivity contribution in [3.05, 3.63) is 34.9 Å². The second-order valence-electron chi connectivity index (χ2n) is 3.99. The summed E-state index contributed by atoms with van der Waals surface area (Å²) in [6.45, 7) is 6.21. The van der Waals surface area contributed by atoms with Crippen molar-refractivity contribution in [3.8, 4) is 0 Å². The van der Waals surface area contributed by atoms with Crippen LogP contribution in [0.3, 0.4) is 0 Å². The average molecular weight is 229 g/mol. The van der Waals surface area contributed by atoms with Crippen LogP contribution in [0, 0.1) is 0 Å². The van der Waals surface area contributed by atoms with Crippen molar-refractivity contribution >= 4 is 11.6 Å². The fraction of sp³-hybridized carbons (Fsp3) is 0.500. The van der Waals surface area contributed by atoms with Gasteiger partial charge in [0.25, 0.3) is 0 Å². The zero-order valence-electron chi connectivity index (χ0n) is 9.33. The summed E-state index contributed by atoms with van der Waals surface area (Å²) in [4.78, 5) is 0. The minimum absolute atomic E-state index is 0.574. The second kappa shape index (κ2) is 4.97. The molecule has 1 rings (SSSR count). The predicted molar refractivity (Wildman–Crippen MR) is 62.1 cm³/mol. The Morgan fingerprint density at radius 1 is 1.47 bits per heavy atom. The van der Waals surface area contributed by atoms with Crippen LogP contribution >= 0.6 is 11.6 Å². The number of aliphatic hydroxyl groups excluding tert-OH is 1. The Hall–Kier alpha value is -0.570. The monoisotopic (exact) mass is 228 g/mol. The highest BCUT2D eigenvalue weighted by molar-refractivity contribution is 6.30. The molecule has 0 radical (unpaired) electrons. The molecule has 1 aromatic rings. The molecule has 0 aromatic heterocycles. The highest BCUT2D eigenvalue weighted by Crippen LogP contribution is 2.29. The van der Waals surface area contributed by atoms with Crippen molar-refractivity contribution in [2.45, 2.75) is 32.5 Å². The Morgan fingerprint density at radius 2 is 2.13 bits per heavy atom. The van der Waals surface area contributed by atoms with Gasteiger partial charge in [-0.05, 0) is 38.5 Å². The summed E-state index contributed by atoms with van der Waals surface area (Å²) >= 11 is 5.86. The van der Waals surface area contributed by atoms with E-state index in [9.17, 15) is 5.11 Å². The lowest BCUT2D eigenvalue weighted by Crippen LogP contribution is -2.32. The molecule has 0 saturated heterocycles. The first-order chi connectivity index (χ1) is 6.97. The molecular formula is C12H17ClO2. The van der Waals surface area contributed by atoms with Gasteiger partial charge in [0.15, 0.2) is 0 Å². The second-order valence-corrected chi connectivity index (χ2v) is 4.43. The molecule has 1 atom stereocenters. The van der Waals surface area contributed by atoms with Gasteiger partial charge in [-0.2, -0.15) is 0 Å². The van der Waals surface area contributed by atoms with Gasteiger partial charge in [-0.1, -0.05) is 23.7 Å². The van der Waals surface area contributed by atoms with Crippen LogP contribution in [-0.2, 0) is 4.74 Å². The highest BCUT2D eigenvalue weighted by atomic mass is 35.5. The zero-order valence-corrected chi connectivity index (χ0v) is 10.1. The van der Waals surface area contributed by atoms with Crippen LogP contribution in [0.1, 0.15) is 32.4 Å². The van der Waals surface area contributed by atoms with Crippen LogP contribution in [-0.4, -0.2) is 17.3 Å². The van der Waals surface area contributed by atoms with Crippen LogP contribution in [0.15, 0.2) is 24.3 Å². The Bertz CT molecular complexity index is 323. The van der Waals surface area contributed by atoms with Crippen molar-refractivity contribution in [2.75, 3.05) is 6.61 Å². The number of benzene rings is 1. The summed E-state index contributed by atoms with van der Waals surface area (Å²) in [5.41, 5.74) is 0.181. The first-order valence-electron chi connectivity index (χ1n) is 5.05. The fourth-order valence-electron chi connectivity index (χ4n) is 1.53. The van der Waals surface area contributed by atoms with E-state index in [0.29, 0.717) is 11.6 Å². The standard InChI is InChI=1S/C12H17ClO2/c1-4-15-12(2,3)11(14)9-6-5-7-10(13)8-9/h5-8,11,14H,4H2,1-3H3. The Labute approximate surface area is 95.8 Å². The molecule has 0 heterocycles. The largest absolute Gasteiger partial charge is 0.385 e. The molecule has 1 aromatic carbocycles. The van der Waals surface area contributed by atoms with Gasteiger partial charge in [0.1, 0.15) is 6.10 Å². The van der Waals surface area contributed by atoms with Crippen LogP contribution in [0.25, 0.3) is 0 Å². The van der Waals surface area contributed by atoms with Gasteiger partial charge < -0.3 is 9.84 Å². The number of ether oxygens (including phenoxy) is 1. The van der Waals surface area contributed by atoms with Crippen LogP contribution in [0.4, 0.5) is 0 Å². The molecule has 0 aliphatic heterocycles. The lowest BCUT2D eigenvalue weighted by atomic mass is 9.94. The minimum Gasteiger partial charge on any atom is -0.385 e. The lowest BCUT2D eigenvalue weighted by molar-refractivity contribution is -0.0983. The fourth-order valence-corrected chi connectivity index (χ4v) is 1.73. The summed E-state index contributed by atoms with van der Waals surface area (Å²) in [5, 5.41) is 10.7. The molecule has 2 nitrogen and oxygen atoms in total. The van der Waals surface area contributed by atoms with Crippen LogP contribution in [0.2, 0.25) is 5.02 Å². The Morgan fingerprint density at radius 3 is 2.67 bits per heavy atom. The van der Waals surface area contributed by atoms with Gasteiger partial charge in [-0.25, -0.2) is 0 Å². The summed E-state index contributed by atoms with van der Waals surface area (Å²) in [6, 6.07) is 7.21. The third-order valence-electron chi connectivity index (χ3n) is 2.34. The molecule has 0 bridgehead atoms. The Kier molecular flexibility index (Phi) is 4.14. The third kappa shape index (κ3) is 3.20. The van der Waals surface area contributed by atoms with E-state index >= 15 is 0 Å². The highest BCUT2D eigenvalue weighted by Gasteiger charge is 2.29. The van der Waals surface area contributed by atoms with E-state index in [-0.39, 0.29) is 0 Å². The molecule has 0 aliphatic carbocycles. The van der Waals surface area contributed by atoms with E-state index in [1.165, 1.54) is 0 Å². The minimum atomic E-state index is -0.670. The molecule has 0 saturated carbocycles. The predicted octanol–water partition coefficient (Wildman–Crippen LogP) is 3.19. The molecule has 0 amide bonds. The first kappa shape index (κ1) is 12.5. The Balaban J connectivity index is 2.88. The van der Waals surface area contributed by atoms with Gasteiger partial charge in [0.2, 0.25) is 0 Å². The summed E-state index contributed by atoms with van der Waals surface area (Å²) in [6.07, 6.45) is -0.670. The molecule has 15 heavy (non-hydrogen) atoms. The van der Waals surface area contributed by atoms with Crippen molar-refractivity contribution in [1.29, 1.82) is 0 Å². The maximum atomic E-state index is 10.1. The maximum absolute atomic E-state index is 10.1. The van der Waals surface area contributed by atoms with Crippen LogP contribution in [0.5, 0.6) is 0 Å². The summed E-state index contributed by atoms with van der Waals surface area (Å²) in [7, 11) is 0. The van der Waals surface area contributed by atoms with E-state index < -0.39 is 11.7 Å². The van der Waals surface area contributed by atoms with E-state index in [1.54, 1.807) is 12.1 Å². The number of rotatable bonds is 4. The molecule has 0 fully saturated rings. The van der Waals surface area contributed by atoms with Crippen molar-refractivity contribution in [3.63, 3.8) is 0 Å². The number of aliphatic hydroxyl groups is 1. The van der Waals surface area contributed by atoms with Crippen molar-refractivity contribution in [2.24, 2.45) is 0 Å². The quantitative estimate of drug-likeness (QED) is 0.858. The van der Waals surface area contributed by atoms with Gasteiger partial charge in [0.05, 0.1) is 5.60 Å². The summed E-state index contributed by atoms with van der Waals surface area (Å²) in [5.74, 6) is 0. The van der Waals surface area contributed by atoms with Crippen molar-refractivity contribution < 1.29 is 9.84 Å². The lowest BCUT2D eigenvalue weighted by Gasteiger charge is -2.30. The number of hydrogen-bond acceptors (Lipinski definition) is 2. The van der Waals surface area contributed by atoms with Gasteiger partial charge in [-0.3, -0.25) is 0 Å². The van der Waals surface area contributed by atoms with E-state index in [2.05, 4.69) is 0 Å². The number of halogens is 1. The SMILES string of the molecule is CCOC(C)(C)C(O)c1cccc(Cl)c1. The molecular weight excluding hydrogens is 212 g/mol. The maximum Gasteiger partial charge on any atom is 0.107 e. The average Bonchev–Trinajstić information content (AvgIpc) is 2.16. The third-order valence-corrected chi connectivity index (χ3v) is 2.57. The summed E-state index contributed by atoms with van der Waals surface area (Å²) < 4.78 is 5.49. The molecule has 0 aliphatic rings. The topological polar surface area (TPSA) is 29.5 Å². The van der Waals surface area contributed by atoms with Crippen molar-refractivity contribution in [1.82, 2.24) is 0 Å². The van der Waals surface area contributed by atoms with Gasteiger partial charge in [0, 0.05) is 11.6 Å². The van der Waals surface area contributed by atoms with E-state index in [0.717, 1.165) is 5.56 Å². The normalized spacial score (nSPS) is 13.9. The van der Waals surface area contributed by atoms with Gasteiger partial charge >= 0.3 is 0 Å². The zero-order chi connectivity index (χ0) is 11.5. The first-order valence-corrected chi connectivity index (χ1v) is 5.42. The van der Waals surface area contributed by atoms with E-state index in [1.807, 2.05) is 32.9 Å². The number of hydrogen-bond donors (Lipinski definition) is 1. The molecule has 84 valence electrons. The van der Waals surface area contributed by atoms with E-state index in [4.69, 9.17) is 16.3 Å².